The van der Waals surface area contributed by atoms with Crippen molar-refractivity contribution in [2.45, 2.75) is 32.7 Å². The van der Waals surface area contributed by atoms with Crippen molar-refractivity contribution in [2.24, 2.45) is 0 Å². The molecule has 0 amide bonds. The summed E-state index contributed by atoms with van der Waals surface area (Å²) in [7, 11) is 1.83. The van der Waals surface area contributed by atoms with Gasteiger partial charge in [0.05, 0.1) is 17.9 Å². The fourth-order valence-corrected chi connectivity index (χ4v) is 1.74. The molecule has 0 aliphatic rings. The standard InChI is InChI=1S/C14H22N2O3/c1-14(2,3)12-6-5-10(13(18)19)11(15-12)9-16(4)7-8-17/h5-6,17H,7-9H2,1-4H3,(H,18,19). The Bertz CT molecular complexity index is 452. The van der Waals surface area contributed by atoms with Crippen LogP contribution in [0.4, 0.5) is 0 Å². The van der Waals surface area contributed by atoms with Crippen LogP contribution < -0.4 is 0 Å². The Morgan fingerprint density at radius 1 is 1.37 bits per heavy atom. The second-order valence-corrected chi connectivity index (χ2v) is 5.71. The highest BCUT2D eigenvalue weighted by molar-refractivity contribution is 5.88. The molecule has 1 aromatic heterocycles. The summed E-state index contributed by atoms with van der Waals surface area (Å²) in [6.07, 6.45) is 0. The second-order valence-electron chi connectivity index (χ2n) is 5.71. The number of pyridine rings is 1. The summed E-state index contributed by atoms with van der Waals surface area (Å²) < 4.78 is 0. The van der Waals surface area contributed by atoms with Crippen molar-refractivity contribution < 1.29 is 15.0 Å². The topological polar surface area (TPSA) is 73.7 Å². The summed E-state index contributed by atoms with van der Waals surface area (Å²) in [4.78, 5) is 17.5. The van der Waals surface area contributed by atoms with Crippen LogP contribution in [-0.4, -0.2) is 46.3 Å². The third-order valence-corrected chi connectivity index (χ3v) is 2.87. The molecule has 0 radical (unpaired) electrons. The van der Waals surface area contributed by atoms with Gasteiger partial charge in [0.15, 0.2) is 0 Å². The van der Waals surface area contributed by atoms with Crippen LogP contribution in [0.15, 0.2) is 12.1 Å². The lowest BCUT2D eigenvalue weighted by atomic mass is 9.91. The lowest BCUT2D eigenvalue weighted by Crippen LogP contribution is -2.25. The predicted molar refractivity (Wildman–Crippen MR) is 73.3 cm³/mol. The molecule has 0 aliphatic carbocycles. The van der Waals surface area contributed by atoms with Crippen molar-refractivity contribution in [3.05, 3.63) is 29.1 Å². The van der Waals surface area contributed by atoms with Gasteiger partial charge in [-0.3, -0.25) is 9.88 Å². The molecule has 0 aromatic carbocycles. The molecule has 0 saturated heterocycles. The van der Waals surface area contributed by atoms with Gasteiger partial charge in [0, 0.05) is 24.2 Å². The van der Waals surface area contributed by atoms with E-state index in [0.717, 1.165) is 5.69 Å². The Balaban J connectivity index is 3.12. The summed E-state index contributed by atoms with van der Waals surface area (Å²) in [5, 5.41) is 18.1. The van der Waals surface area contributed by atoms with Crippen molar-refractivity contribution in [1.82, 2.24) is 9.88 Å². The monoisotopic (exact) mass is 266 g/mol. The van der Waals surface area contributed by atoms with Gasteiger partial charge < -0.3 is 10.2 Å². The van der Waals surface area contributed by atoms with Crippen molar-refractivity contribution in [2.75, 3.05) is 20.2 Å². The normalized spacial score (nSPS) is 11.9. The van der Waals surface area contributed by atoms with Crippen LogP contribution in [0.5, 0.6) is 0 Å². The number of carboxylic acid groups (broad SMARTS) is 1. The average molecular weight is 266 g/mol. The number of aromatic nitrogens is 1. The highest BCUT2D eigenvalue weighted by atomic mass is 16.4. The molecule has 1 rings (SSSR count). The number of aliphatic hydroxyl groups is 1. The average Bonchev–Trinajstić information content (AvgIpc) is 2.27. The van der Waals surface area contributed by atoms with Crippen LogP contribution >= 0.6 is 0 Å². The molecule has 1 aromatic rings. The Kier molecular flexibility index (Phi) is 5.03. The molecule has 0 aliphatic heterocycles. The number of carbonyl (C=O) groups is 1. The maximum Gasteiger partial charge on any atom is 0.337 e. The van der Waals surface area contributed by atoms with Gasteiger partial charge in [-0.1, -0.05) is 20.8 Å². The van der Waals surface area contributed by atoms with Crippen LogP contribution in [0.25, 0.3) is 0 Å². The summed E-state index contributed by atoms with van der Waals surface area (Å²) in [6, 6.07) is 3.37. The van der Waals surface area contributed by atoms with Crippen LogP contribution in [-0.2, 0) is 12.0 Å². The van der Waals surface area contributed by atoms with Gasteiger partial charge in [-0.25, -0.2) is 4.79 Å². The molecule has 19 heavy (non-hydrogen) atoms. The minimum Gasteiger partial charge on any atom is -0.478 e. The summed E-state index contributed by atoms with van der Waals surface area (Å²) in [5.74, 6) is -0.972. The molecular formula is C14H22N2O3. The molecule has 5 heteroatoms. The first-order valence-corrected chi connectivity index (χ1v) is 6.29. The van der Waals surface area contributed by atoms with Crippen molar-refractivity contribution in [3.8, 4) is 0 Å². The van der Waals surface area contributed by atoms with E-state index in [1.807, 2.05) is 32.7 Å². The second kappa shape index (κ2) is 6.12. The number of aliphatic hydroxyl groups excluding tert-OH is 1. The molecule has 0 fully saturated rings. The lowest BCUT2D eigenvalue weighted by Gasteiger charge is -2.21. The van der Waals surface area contributed by atoms with E-state index in [2.05, 4.69) is 4.98 Å². The third-order valence-electron chi connectivity index (χ3n) is 2.87. The molecule has 0 atom stereocenters. The van der Waals surface area contributed by atoms with Crippen LogP contribution in [0.3, 0.4) is 0 Å². The molecule has 0 bridgehead atoms. The zero-order valence-electron chi connectivity index (χ0n) is 12.0. The van der Waals surface area contributed by atoms with Crippen molar-refractivity contribution in [1.29, 1.82) is 0 Å². The van der Waals surface area contributed by atoms with Gasteiger partial charge >= 0.3 is 5.97 Å². The van der Waals surface area contributed by atoms with Gasteiger partial charge in [-0.2, -0.15) is 0 Å². The van der Waals surface area contributed by atoms with E-state index in [4.69, 9.17) is 5.11 Å². The number of aromatic carboxylic acids is 1. The van der Waals surface area contributed by atoms with Crippen molar-refractivity contribution >= 4 is 5.97 Å². The predicted octanol–water partition coefficient (Wildman–Crippen LogP) is 1.50. The Hall–Kier alpha value is -1.46. The maximum atomic E-state index is 11.2. The smallest absolute Gasteiger partial charge is 0.337 e. The largest absolute Gasteiger partial charge is 0.478 e. The van der Waals surface area contributed by atoms with E-state index in [9.17, 15) is 9.90 Å². The quantitative estimate of drug-likeness (QED) is 0.845. The fourth-order valence-electron chi connectivity index (χ4n) is 1.74. The number of hydrogen-bond acceptors (Lipinski definition) is 4. The molecule has 1 heterocycles. The summed E-state index contributed by atoms with van der Waals surface area (Å²) in [5.41, 5.74) is 1.50. The van der Waals surface area contributed by atoms with Crippen molar-refractivity contribution in [3.63, 3.8) is 0 Å². The van der Waals surface area contributed by atoms with Gasteiger partial charge in [0.1, 0.15) is 0 Å². The first-order chi connectivity index (χ1) is 8.75. The Labute approximate surface area is 113 Å². The fraction of sp³-hybridized carbons (Fsp3) is 0.571. The highest BCUT2D eigenvalue weighted by Crippen LogP contribution is 2.22. The van der Waals surface area contributed by atoms with E-state index in [1.54, 1.807) is 12.1 Å². The molecule has 0 unspecified atom stereocenters. The number of nitrogens with zero attached hydrogens (tertiary/aromatic N) is 2. The van der Waals surface area contributed by atoms with Crippen LogP contribution in [0.2, 0.25) is 0 Å². The van der Waals surface area contributed by atoms with Crippen LogP contribution in [0, 0.1) is 0 Å². The molecule has 0 saturated carbocycles. The first-order valence-electron chi connectivity index (χ1n) is 6.29. The summed E-state index contributed by atoms with van der Waals surface area (Å²) in [6.45, 7) is 7.05. The molecule has 0 spiro atoms. The van der Waals surface area contributed by atoms with E-state index in [0.29, 0.717) is 18.8 Å². The van der Waals surface area contributed by atoms with Crippen LogP contribution in [0.1, 0.15) is 42.5 Å². The number of carboxylic acids is 1. The summed E-state index contributed by atoms with van der Waals surface area (Å²) >= 11 is 0. The molecule has 106 valence electrons. The van der Waals surface area contributed by atoms with E-state index >= 15 is 0 Å². The van der Waals surface area contributed by atoms with Gasteiger partial charge in [0.25, 0.3) is 0 Å². The van der Waals surface area contributed by atoms with E-state index < -0.39 is 5.97 Å². The molecular weight excluding hydrogens is 244 g/mol. The third kappa shape index (κ3) is 4.29. The molecule has 5 nitrogen and oxygen atoms in total. The number of hydrogen-bond donors (Lipinski definition) is 2. The zero-order chi connectivity index (χ0) is 14.6. The lowest BCUT2D eigenvalue weighted by molar-refractivity contribution is 0.0693. The van der Waals surface area contributed by atoms with Gasteiger partial charge in [0.2, 0.25) is 0 Å². The number of rotatable bonds is 5. The van der Waals surface area contributed by atoms with Gasteiger partial charge in [-0.05, 0) is 19.2 Å². The SMILES string of the molecule is CN(CCO)Cc1nc(C(C)(C)C)ccc1C(=O)O. The highest BCUT2D eigenvalue weighted by Gasteiger charge is 2.20. The van der Waals surface area contributed by atoms with Gasteiger partial charge in [-0.15, -0.1) is 0 Å². The molecule has 2 N–H and O–H groups in total. The van der Waals surface area contributed by atoms with E-state index in [-0.39, 0.29) is 17.6 Å². The van der Waals surface area contributed by atoms with E-state index in [1.165, 1.54) is 0 Å². The number of likely N-dealkylation sites (N-methyl/N-ethyl adjacent to an activating group) is 1. The Morgan fingerprint density at radius 3 is 2.47 bits per heavy atom. The minimum atomic E-state index is -0.972. The maximum absolute atomic E-state index is 11.2. The Morgan fingerprint density at radius 2 is 2.00 bits per heavy atom. The first kappa shape index (κ1) is 15.6. The minimum absolute atomic E-state index is 0.0395. The zero-order valence-corrected chi connectivity index (χ0v) is 12.0.